The molecule has 0 aliphatic heterocycles. The molecule has 1 N–H and O–H groups in total. The van der Waals surface area contributed by atoms with Crippen molar-refractivity contribution < 1.29 is 9.47 Å². The quantitative estimate of drug-likeness (QED) is 0.691. The highest BCUT2D eigenvalue weighted by molar-refractivity contribution is 5.32. The molecule has 0 spiro atoms. The molecule has 0 amide bonds. The van der Waals surface area contributed by atoms with Crippen LogP contribution in [0.5, 0.6) is 0 Å². The van der Waals surface area contributed by atoms with E-state index in [9.17, 15) is 0 Å². The third-order valence-electron chi connectivity index (χ3n) is 3.05. The fourth-order valence-electron chi connectivity index (χ4n) is 1.78. The van der Waals surface area contributed by atoms with Gasteiger partial charge in [0.25, 0.3) is 0 Å². The first-order valence-electron chi connectivity index (χ1n) is 6.99. The van der Waals surface area contributed by atoms with Crippen LogP contribution < -0.4 is 10.2 Å². The minimum Gasteiger partial charge on any atom is -0.383 e. The Morgan fingerprint density at radius 2 is 1.85 bits per heavy atom. The maximum Gasteiger partial charge on any atom is 0.225 e. The molecule has 6 heteroatoms. The summed E-state index contributed by atoms with van der Waals surface area (Å²) in [5, 5.41) is 3.29. The number of aryl methyl sites for hydroxylation is 1. The molecule has 0 unspecified atom stereocenters. The molecule has 0 aromatic carbocycles. The van der Waals surface area contributed by atoms with Crippen molar-refractivity contribution in [2.24, 2.45) is 0 Å². The Kier molecular flexibility index (Phi) is 8.10. The Morgan fingerprint density at radius 3 is 2.35 bits per heavy atom. The van der Waals surface area contributed by atoms with Gasteiger partial charge in [-0.15, -0.1) is 0 Å². The number of hydrogen-bond donors (Lipinski definition) is 1. The summed E-state index contributed by atoms with van der Waals surface area (Å²) in [5.74, 6) is 0.733. The van der Waals surface area contributed by atoms with Gasteiger partial charge in [0.1, 0.15) is 0 Å². The van der Waals surface area contributed by atoms with Crippen molar-refractivity contribution in [2.45, 2.75) is 20.4 Å². The normalized spacial score (nSPS) is 10.8. The maximum absolute atomic E-state index is 5.13. The van der Waals surface area contributed by atoms with Crippen molar-refractivity contribution in [1.82, 2.24) is 15.3 Å². The molecule has 0 radical (unpaired) electrons. The van der Waals surface area contributed by atoms with E-state index >= 15 is 0 Å². The monoisotopic (exact) mass is 282 g/mol. The van der Waals surface area contributed by atoms with Crippen molar-refractivity contribution in [3.8, 4) is 0 Å². The van der Waals surface area contributed by atoms with Gasteiger partial charge in [0, 0.05) is 51.3 Å². The van der Waals surface area contributed by atoms with Gasteiger partial charge in [-0.05, 0) is 13.5 Å². The summed E-state index contributed by atoms with van der Waals surface area (Å²) in [6.07, 6.45) is 1.90. The number of rotatable bonds is 10. The van der Waals surface area contributed by atoms with Crippen LogP contribution in [0.3, 0.4) is 0 Å². The summed E-state index contributed by atoms with van der Waals surface area (Å²) < 4.78 is 10.3. The number of nitrogens with zero attached hydrogens (tertiary/aromatic N) is 3. The van der Waals surface area contributed by atoms with E-state index in [1.54, 1.807) is 14.2 Å². The molecule has 0 bridgehead atoms. The first kappa shape index (κ1) is 16.8. The smallest absolute Gasteiger partial charge is 0.225 e. The molecule has 1 rings (SSSR count). The second-order valence-corrected chi connectivity index (χ2v) is 4.53. The molecule has 0 fully saturated rings. The third-order valence-corrected chi connectivity index (χ3v) is 3.05. The van der Waals surface area contributed by atoms with Crippen molar-refractivity contribution >= 4 is 5.95 Å². The minimum absolute atomic E-state index is 0.644. The highest BCUT2D eigenvalue weighted by Crippen LogP contribution is 2.11. The van der Waals surface area contributed by atoms with Crippen LogP contribution in [0.1, 0.15) is 18.2 Å². The zero-order valence-electron chi connectivity index (χ0n) is 13.0. The molecule has 20 heavy (non-hydrogen) atoms. The fourth-order valence-corrected chi connectivity index (χ4v) is 1.78. The Morgan fingerprint density at radius 1 is 1.20 bits per heavy atom. The van der Waals surface area contributed by atoms with E-state index in [0.717, 1.165) is 43.4 Å². The van der Waals surface area contributed by atoms with Crippen LogP contribution in [-0.4, -0.2) is 57.0 Å². The number of anilines is 1. The first-order chi connectivity index (χ1) is 9.72. The van der Waals surface area contributed by atoms with Crippen LogP contribution in [-0.2, 0) is 16.0 Å². The van der Waals surface area contributed by atoms with Crippen LogP contribution in [0, 0.1) is 6.92 Å². The minimum atomic E-state index is 0.644. The lowest BCUT2D eigenvalue weighted by Gasteiger charge is -2.22. The molecular weight excluding hydrogens is 256 g/mol. The molecular formula is C14H26N4O2. The molecule has 0 saturated heterocycles. The lowest BCUT2D eigenvalue weighted by molar-refractivity contribution is 0.189. The van der Waals surface area contributed by atoms with Crippen molar-refractivity contribution in [3.05, 3.63) is 17.5 Å². The number of methoxy groups -OCH3 is 2. The van der Waals surface area contributed by atoms with Crippen LogP contribution in [0.2, 0.25) is 0 Å². The highest BCUT2D eigenvalue weighted by Gasteiger charge is 2.11. The van der Waals surface area contributed by atoms with Crippen molar-refractivity contribution in [1.29, 1.82) is 0 Å². The Hall–Kier alpha value is -1.24. The van der Waals surface area contributed by atoms with Crippen molar-refractivity contribution in [2.75, 3.05) is 52.0 Å². The summed E-state index contributed by atoms with van der Waals surface area (Å²) in [4.78, 5) is 11.1. The average Bonchev–Trinajstić information content (AvgIpc) is 2.46. The molecule has 1 aromatic heterocycles. The van der Waals surface area contributed by atoms with Crippen LogP contribution in [0.25, 0.3) is 0 Å². The van der Waals surface area contributed by atoms with E-state index in [4.69, 9.17) is 9.47 Å². The molecule has 6 nitrogen and oxygen atoms in total. The molecule has 1 heterocycles. The largest absolute Gasteiger partial charge is 0.383 e. The van der Waals surface area contributed by atoms with Gasteiger partial charge in [0.15, 0.2) is 0 Å². The first-order valence-corrected chi connectivity index (χ1v) is 6.99. The summed E-state index contributed by atoms with van der Waals surface area (Å²) in [6.45, 7) is 8.65. The number of ether oxygens (including phenoxy) is 2. The SMILES string of the molecule is CCNCc1cnc(N(CCOC)CCOC)nc1C. The predicted molar refractivity (Wildman–Crippen MR) is 80.1 cm³/mol. The van der Waals surface area contributed by atoms with Crippen LogP contribution in [0.4, 0.5) is 5.95 Å². The van der Waals surface area contributed by atoms with Gasteiger partial charge in [-0.1, -0.05) is 6.92 Å². The highest BCUT2D eigenvalue weighted by atomic mass is 16.5. The molecule has 0 saturated carbocycles. The van der Waals surface area contributed by atoms with Crippen LogP contribution in [0.15, 0.2) is 6.20 Å². The van der Waals surface area contributed by atoms with E-state index in [0.29, 0.717) is 13.2 Å². The lowest BCUT2D eigenvalue weighted by Crippen LogP contribution is -2.32. The summed E-state index contributed by atoms with van der Waals surface area (Å²) in [7, 11) is 3.39. The molecule has 0 aliphatic carbocycles. The zero-order chi connectivity index (χ0) is 14.8. The number of hydrogen-bond acceptors (Lipinski definition) is 6. The van der Waals surface area contributed by atoms with E-state index < -0.39 is 0 Å². The van der Waals surface area contributed by atoms with Gasteiger partial charge in [0.2, 0.25) is 5.95 Å². The second-order valence-electron chi connectivity index (χ2n) is 4.53. The predicted octanol–water partition coefficient (Wildman–Crippen LogP) is 0.994. The van der Waals surface area contributed by atoms with E-state index in [-0.39, 0.29) is 0 Å². The fraction of sp³-hybridized carbons (Fsp3) is 0.714. The number of aromatic nitrogens is 2. The third kappa shape index (κ3) is 5.40. The van der Waals surface area contributed by atoms with Crippen LogP contribution >= 0.6 is 0 Å². The topological polar surface area (TPSA) is 59.5 Å². The van der Waals surface area contributed by atoms with E-state index in [1.165, 1.54) is 0 Å². The van der Waals surface area contributed by atoms with Gasteiger partial charge in [-0.3, -0.25) is 0 Å². The Balaban J connectivity index is 2.76. The van der Waals surface area contributed by atoms with E-state index in [2.05, 4.69) is 27.1 Å². The summed E-state index contributed by atoms with van der Waals surface area (Å²) in [6, 6.07) is 0. The second kappa shape index (κ2) is 9.63. The maximum atomic E-state index is 5.13. The zero-order valence-corrected chi connectivity index (χ0v) is 13.0. The summed E-state index contributed by atoms with van der Waals surface area (Å²) >= 11 is 0. The molecule has 114 valence electrons. The van der Waals surface area contributed by atoms with Gasteiger partial charge < -0.3 is 19.7 Å². The van der Waals surface area contributed by atoms with E-state index in [1.807, 2.05) is 13.1 Å². The lowest BCUT2D eigenvalue weighted by atomic mass is 10.2. The standard InChI is InChI=1S/C14H26N4O2/c1-5-15-10-13-11-16-14(17-12(13)2)18(6-8-19-3)7-9-20-4/h11,15H,5-10H2,1-4H3. The Bertz CT molecular complexity index is 379. The Labute approximate surface area is 121 Å². The van der Waals surface area contributed by atoms with Gasteiger partial charge in [-0.2, -0.15) is 0 Å². The molecule has 1 aromatic rings. The van der Waals surface area contributed by atoms with Crippen molar-refractivity contribution in [3.63, 3.8) is 0 Å². The number of nitrogens with one attached hydrogen (secondary N) is 1. The summed E-state index contributed by atoms with van der Waals surface area (Å²) in [5.41, 5.74) is 2.14. The van der Waals surface area contributed by atoms with Gasteiger partial charge in [-0.25, -0.2) is 9.97 Å². The molecule has 0 aliphatic rings. The van der Waals surface area contributed by atoms with Gasteiger partial charge in [0.05, 0.1) is 13.2 Å². The van der Waals surface area contributed by atoms with Gasteiger partial charge >= 0.3 is 0 Å². The molecule has 0 atom stereocenters. The average molecular weight is 282 g/mol.